The summed E-state index contributed by atoms with van der Waals surface area (Å²) in [5.74, 6) is -1.11. The summed E-state index contributed by atoms with van der Waals surface area (Å²) in [4.78, 5) is 10.7. The smallest absolute Gasteiger partial charge is 0.416 e. The van der Waals surface area contributed by atoms with Crippen molar-refractivity contribution in [2.24, 2.45) is 0 Å². The Morgan fingerprint density at radius 3 is 2.78 bits per heavy atom. The Balaban J connectivity index is 2.33. The Kier molecular flexibility index (Phi) is 3.19. The van der Waals surface area contributed by atoms with Gasteiger partial charge in [-0.1, -0.05) is 6.07 Å². The van der Waals surface area contributed by atoms with Crippen LogP contribution in [0.15, 0.2) is 18.2 Å². The zero-order chi connectivity index (χ0) is 13.3. The first-order valence-electron chi connectivity index (χ1n) is 5.43. The minimum Gasteiger partial charge on any atom is -0.493 e. The number of carbonyl (C=O) groups is 1. The number of hydrogen-bond acceptors (Lipinski definition) is 2. The Bertz CT molecular complexity index is 468. The van der Waals surface area contributed by atoms with Crippen LogP contribution in [0.25, 0.3) is 0 Å². The predicted molar refractivity (Wildman–Crippen MR) is 56.5 cm³/mol. The van der Waals surface area contributed by atoms with Crippen LogP contribution >= 0.6 is 0 Å². The van der Waals surface area contributed by atoms with Crippen LogP contribution in [0.4, 0.5) is 13.2 Å². The quantitative estimate of drug-likeness (QED) is 0.889. The summed E-state index contributed by atoms with van der Waals surface area (Å²) in [6, 6.07) is 3.20. The van der Waals surface area contributed by atoms with Crippen LogP contribution in [0.5, 0.6) is 5.75 Å². The monoisotopic (exact) mass is 260 g/mol. The lowest BCUT2D eigenvalue weighted by Gasteiger charge is -2.25. The molecule has 1 aliphatic rings. The van der Waals surface area contributed by atoms with Crippen LogP contribution in [0, 0.1) is 0 Å². The molecule has 1 aromatic carbocycles. The molecule has 0 bridgehead atoms. The van der Waals surface area contributed by atoms with Crippen LogP contribution in [-0.4, -0.2) is 17.7 Å². The number of hydrogen-bond donors (Lipinski definition) is 1. The molecule has 0 amide bonds. The maximum atomic E-state index is 12.5. The fraction of sp³-hybridized carbons (Fsp3) is 0.417. The Labute approximate surface area is 101 Å². The van der Waals surface area contributed by atoms with E-state index in [1.165, 1.54) is 6.07 Å². The zero-order valence-electron chi connectivity index (χ0n) is 9.33. The van der Waals surface area contributed by atoms with Crippen molar-refractivity contribution in [1.29, 1.82) is 0 Å². The zero-order valence-corrected chi connectivity index (χ0v) is 9.33. The van der Waals surface area contributed by atoms with E-state index in [0.717, 1.165) is 12.1 Å². The van der Waals surface area contributed by atoms with Crippen LogP contribution in [0.2, 0.25) is 0 Å². The molecule has 0 fully saturated rings. The van der Waals surface area contributed by atoms with Crippen molar-refractivity contribution in [1.82, 2.24) is 0 Å². The normalized spacial score (nSPS) is 18.9. The van der Waals surface area contributed by atoms with Crippen molar-refractivity contribution in [2.75, 3.05) is 6.61 Å². The van der Waals surface area contributed by atoms with E-state index in [-0.39, 0.29) is 24.7 Å². The second kappa shape index (κ2) is 4.51. The van der Waals surface area contributed by atoms with Gasteiger partial charge in [0.05, 0.1) is 18.6 Å². The lowest BCUT2D eigenvalue weighted by Crippen LogP contribution is -2.18. The molecule has 0 aliphatic carbocycles. The van der Waals surface area contributed by atoms with Crippen LogP contribution in [0.1, 0.15) is 29.9 Å². The van der Waals surface area contributed by atoms with E-state index in [0.29, 0.717) is 12.0 Å². The summed E-state index contributed by atoms with van der Waals surface area (Å²) >= 11 is 0. The number of carboxylic acid groups (broad SMARTS) is 1. The molecule has 0 saturated heterocycles. The highest BCUT2D eigenvalue weighted by molar-refractivity contribution is 5.68. The molecule has 1 atom stereocenters. The molecule has 18 heavy (non-hydrogen) atoms. The van der Waals surface area contributed by atoms with E-state index in [1.54, 1.807) is 0 Å². The number of aliphatic carboxylic acids is 1. The van der Waals surface area contributed by atoms with Gasteiger partial charge in [-0.2, -0.15) is 13.2 Å². The first kappa shape index (κ1) is 12.7. The van der Waals surface area contributed by atoms with E-state index in [2.05, 4.69) is 0 Å². The lowest BCUT2D eigenvalue weighted by atomic mass is 9.89. The van der Waals surface area contributed by atoms with Gasteiger partial charge in [0.2, 0.25) is 0 Å². The van der Waals surface area contributed by atoms with E-state index in [4.69, 9.17) is 9.84 Å². The van der Waals surface area contributed by atoms with E-state index >= 15 is 0 Å². The summed E-state index contributed by atoms with van der Waals surface area (Å²) in [7, 11) is 0. The van der Waals surface area contributed by atoms with Gasteiger partial charge in [-0.15, -0.1) is 0 Å². The first-order chi connectivity index (χ1) is 8.38. The van der Waals surface area contributed by atoms with Crippen LogP contribution in [0.3, 0.4) is 0 Å². The molecule has 1 heterocycles. The minimum absolute atomic E-state index is 0.0955. The van der Waals surface area contributed by atoms with Crippen molar-refractivity contribution in [3.63, 3.8) is 0 Å². The third-order valence-corrected chi connectivity index (χ3v) is 2.93. The fourth-order valence-corrected chi connectivity index (χ4v) is 2.06. The van der Waals surface area contributed by atoms with Gasteiger partial charge in [-0.3, -0.25) is 4.79 Å². The van der Waals surface area contributed by atoms with Crippen molar-refractivity contribution >= 4 is 5.97 Å². The number of ether oxygens (including phenoxy) is 1. The standard InChI is InChI=1S/C12H11F3O3/c13-12(14,15)8-1-2-9-7(5-11(16)17)3-4-18-10(9)6-8/h1-2,6-7H,3-5H2,(H,16,17). The molecule has 0 saturated carbocycles. The van der Waals surface area contributed by atoms with Crippen molar-refractivity contribution in [3.8, 4) is 5.75 Å². The molecule has 0 spiro atoms. The van der Waals surface area contributed by atoms with Gasteiger partial charge in [0.25, 0.3) is 0 Å². The van der Waals surface area contributed by atoms with Crippen molar-refractivity contribution < 1.29 is 27.8 Å². The summed E-state index contributed by atoms with van der Waals surface area (Å²) in [5, 5.41) is 8.75. The van der Waals surface area contributed by atoms with Gasteiger partial charge in [0.1, 0.15) is 5.75 Å². The van der Waals surface area contributed by atoms with Gasteiger partial charge in [0, 0.05) is 5.92 Å². The molecule has 1 aliphatic heterocycles. The molecule has 6 heteroatoms. The number of fused-ring (bicyclic) bond motifs is 1. The van der Waals surface area contributed by atoms with Gasteiger partial charge >= 0.3 is 12.1 Å². The van der Waals surface area contributed by atoms with Crippen LogP contribution in [-0.2, 0) is 11.0 Å². The van der Waals surface area contributed by atoms with Crippen molar-refractivity contribution in [2.45, 2.75) is 24.9 Å². The molecule has 1 aromatic rings. The largest absolute Gasteiger partial charge is 0.493 e. The summed E-state index contributed by atoms with van der Waals surface area (Å²) in [6.45, 7) is 0.242. The number of halogens is 3. The number of alkyl halides is 3. The Morgan fingerprint density at radius 1 is 1.44 bits per heavy atom. The average Bonchev–Trinajstić information content (AvgIpc) is 2.27. The van der Waals surface area contributed by atoms with E-state index < -0.39 is 17.7 Å². The third kappa shape index (κ3) is 2.57. The molecule has 2 rings (SSSR count). The van der Waals surface area contributed by atoms with E-state index in [9.17, 15) is 18.0 Å². The van der Waals surface area contributed by atoms with Crippen molar-refractivity contribution in [3.05, 3.63) is 29.3 Å². The molecular weight excluding hydrogens is 249 g/mol. The highest BCUT2D eigenvalue weighted by Gasteiger charge is 2.33. The molecule has 0 radical (unpaired) electrons. The number of benzene rings is 1. The maximum absolute atomic E-state index is 12.5. The third-order valence-electron chi connectivity index (χ3n) is 2.93. The first-order valence-corrected chi connectivity index (χ1v) is 5.43. The molecular formula is C12H11F3O3. The topological polar surface area (TPSA) is 46.5 Å². The highest BCUT2D eigenvalue weighted by Crippen LogP contribution is 2.39. The fourth-order valence-electron chi connectivity index (χ4n) is 2.06. The number of rotatable bonds is 2. The Hall–Kier alpha value is -1.72. The highest BCUT2D eigenvalue weighted by atomic mass is 19.4. The van der Waals surface area contributed by atoms with Gasteiger partial charge < -0.3 is 9.84 Å². The maximum Gasteiger partial charge on any atom is 0.416 e. The van der Waals surface area contributed by atoms with Crippen LogP contribution < -0.4 is 4.74 Å². The molecule has 3 nitrogen and oxygen atoms in total. The van der Waals surface area contributed by atoms with E-state index in [1.807, 2.05) is 0 Å². The van der Waals surface area contributed by atoms with Gasteiger partial charge in [-0.05, 0) is 24.1 Å². The summed E-state index contributed by atoms with van der Waals surface area (Å²) in [5.41, 5.74) is -0.242. The van der Waals surface area contributed by atoms with Gasteiger partial charge in [0.15, 0.2) is 0 Å². The minimum atomic E-state index is -4.42. The Morgan fingerprint density at radius 2 is 2.17 bits per heavy atom. The molecule has 0 aromatic heterocycles. The average molecular weight is 260 g/mol. The number of carboxylic acids is 1. The molecule has 1 N–H and O–H groups in total. The van der Waals surface area contributed by atoms with Gasteiger partial charge in [-0.25, -0.2) is 0 Å². The summed E-state index contributed by atoms with van der Waals surface area (Å²) in [6.07, 6.45) is -4.01. The SMILES string of the molecule is O=C(O)CC1CCOc2cc(C(F)(F)F)ccc21. The molecule has 98 valence electrons. The molecule has 1 unspecified atom stereocenters. The second-order valence-corrected chi connectivity index (χ2v) is 4.18. The predicted octanol–water partition coefficient (Wildman–Crippen LogP) is 3.05. The second-order valence-electron chi connectivity index (χ2n) is 4.18. The summed E-state index contributed by atoms with van der Waals surface area (Å²) < 4.78 is 42.7. The lowest BCUT2D eigenvalue weighted by molar-refractivity contribution is -0.139.